The summed E-state index contributed by atoms with van der Waals surface area (Å²) >= 11 is 0. The van der Waals surface area contributed by atoms with Gasteiger partial charge in [0.05, 0.1) is 33.1 Å². The van der Waals surface area contributed by atoms with Gasteiger partial charge in [0.25, 0.3) is 0 Å². The van der Waals surface area contributed by atoms with E-state index in [9.17, 15) is 0 Å². The Bertz CT molecular complexity index is 6690. The first kappa shape index (κ1) is 57.7. The molecule has 0 radical (unpaired) electrons. The van der Waals surface area contributed by atoms with Crippen molar-refractivity contribution in [3.05, 3.63) is 327 Å². The Hall–Kier alpha value is -12.8. The summed E-state index contributed by atoms with van der Waals surface area (Å²) in [5.41, 5.74) is 18.5. The molecule has 0 spiro atoms. The molecule has 0 saturated carbocycles. The van der Waals surface area contributed by atoms with E-state index >= 15 is 0 Å². The van der Waals surface area contributed by atoms with Gasteiger partial charge in [-0.05, 0) is 204 Å². The first-order chi connectivity index (χ1) is 48.7. The van der Waals surface area contributed by atoms with Gasteiger partial charge in [-0.15, -0.1) is 0 Å². The Kier molecular flexibility index (Phi) is 13.4. The highest BCUT2D eigenvalue weighted by molar-refractivity contribution is 6.34. The average molecular weight is 1270 g/mol. The monoisotopic (exact) mass is 1260 g/mol. The van der Waals surface area contributed by atoms with Gasteiger partial charge in [-0.25, -0.2) is 15.0 Å². The molecular formula is C93H64N6. The lowest BCUT2D eigenvalue weighted by atomic mass is 9.87. The van der Waals surface area contributed by atoms with Crippen molar-refractivity contribution in [2.24, 2.45) is 14.1 Å². The van der Waals surface area contributed by atoms with E-state index in [1.807, 2.05) is 6.07 Å². The third-order valence-corrected chi connectivity index (χ3v) is 20.9. The Morgan fingerprint density at radius 1 is 0.232 bits per heavy atom. The molecule has 0 N–H and O–H groups in total. The van der Waals surface area contributed by atoms with Crippen molar-refractivity contribution in [1.82, 2.24) is 28.7 Å². The lowest BCUT2D eigenvalue weighted by Crippen LogP contribution is -1.97. The van der Waals surface area contributed by atoms with Crippen molar-refractivity contribution in [3.63, 3.8) is 0 Å². The van der Waals surface area contributed by atoms with E-state index in [2.05, 4.69) is 351 Å². The number of nitrogens with zero attached hydrogens (tertiary/aromatic N) is 6. The van der Waals surface area contributed by atoms with E-state index in [0.717, 1.165) is 50.8 Å². The van der Waals surface area contributed by atoms with Crippen LogP contribution < -0.4 is 0 Å². The van der Waals surface area contributed by atoms with Crippen molar-refractivity contribution >= 4 is 130 Å². The number of aryl methyl sites for hydroxylation is 4. The summed E-state index contributed by atoms with van der Waals surface area (Å²) in [6.45, 7) is 4.11. The molecule has 99 heavy (non-hydrogen) atoms. The minimum absolute atomic E-state index is 0.939. The molecule has 0 unspecified atom stereocenters. The molecule has 21 aromatic rings. The standard InChI is InChI=1S/C39H26N2.C29H20N2.C25H18N2/c1-2-12-30(13-3-1)39-40-37-26-31(36-19-9-15-28-11-5-7-17-34(28)36)22-25-38(37)41(39)32-23-20-29(21-24-32)35-18-8-14-27-10-4-6-16-33(27)35;1-17-30-26-16-19(12-15-27(26)31(17)2)20-13-14-25-23-9-4-7-18-6-3-8-22(28(18)23)24-11-5-10-21(20)29(24)25;1-15-26-22-14-19(10-13-23(22)27(15)2)20-11-8-18-7-6-16-4-3-5-17-9-12-21(20)25(18)24(16)17/h1-26H;3-16H,1-2H3;3-14H,1-2H3. The maximum atomic E-state index is 5.21. The number of aromatic nitrogens is 6. The van der Waals surface area contributed by atoms with Crippen LogP contribution in [0.2, 0.25) is 0 Å². The van der Waals surface area contributed by atoms with Crippen molar-refractivity contribution in [2.45, 2.75) is 13.8 Å². The van der Waals surface area contributed by atoms with Gasteiger partial charge >= 0.3 is 0 Å². The lowest BCUT2D eigenvalue weighted by Gasteiger charge is -2.16. The molecule has 21 rings (SSSR count). The third-order valence-electron chi connectivity index (χ3n) is 20.9. The summed E-state index contributed by atoms with van der Waals surface area (Å²) in [6.07, 6.45) is 0. The first-order valence-corrected chi connectivity index (χ1v) is 34.0. The predicted octanol–water partition coefficient (Wildman–Crippen LogP) is 24.4. The van der Waals surface area contributed by atoms with Crippen molar-refractivity contribution in [2.75, 3.05) is 0 Å². The molecule has 466 valence electrons. The van der Waals surface area contributed by atoms with Gasteiger partial charge in [0.15, 0.2) is 0 Å². The fourth-order valence-corrected chi connectivity index (χ4v) is 15.9. The van der Waals surface area contributed by atoms with Crippen LogP contribution in [0.5, 0.6) is 0 Å². The smallest absolute Gasteiger partial charge is 0.145 e. The molecule has 3 aromatic heterocycles. The highest BCUT2D eigenvalue weighted by atomic mass is 15.1. The van der Waals surface area contributed by atoms with Gasteiger partial charge in [-0.2, -0.15) is 0 Å². The van der Waals surface area contributed by atoms with Crippen molar-refractivity contribution in [3.8, 4) is 61.6 Å². The quantitative estimate of drug-likeness (QED) is 0.123. The summed E-state index contributed by atoms with van der Waals surface area (Å²) in [6, 6.07) is 114. The highest BCUT2D eigenvalue weighted by Crippen LogP contribution is 2.45. The zero-order valence-electron chi connectivity index (χ0n) is 55.2. The first-order valence-electron chi connectivity index (χ1n) is 34.0. The molecule has 0 atom stereocenters. The van der Waals surface area contributed by atoms with Crippen LogP contribution in [-0.2, 0) is 14.1 Å². The zero-order valence-corrected chi connectivity index (χ0v) is 55.2. The van der Waals surface area contributed by atoms with Crippen molar-refractivity contribution < 1.29 is 0 Å². The van der Waals surface area contributed by atoms with Crippen LogP contribution in [0.4, 0.5) is 0 Å². The fourth-order valence-electron chi connectivity index (χ4n) is 15.9. The minimum Gasteiger partial charge on any atom is -0.331 e. The molecule has 0 aliphatic carbocycles. The van der Waals surface area contributed by atoms with Crippen LogP contribution in [0.15, 0.2) is 315 Å². The van der Waals surface area contributed by atoms with Gasteiger partial charge < -0.3 is 9.13 Å². The molecule has 18 aromatic carbocycles. The van der Waals surface area contributed by atoms with Crippen LogP contribution in [0.1, 0.15) is 11.6 Å². The van der Waals surface area contributed by atoms with Crippen LogP contribution in [0.3, 0.4) is 0 Å². The second kappa shape index (κ2) is 23.0. The Balaban J connectivity index is 0.000000106. The predicted molar refractivity (Wildman–Crippen MR) is 419 cm³/mol. The SMILES string of the molecule is Cc1nc2cc(-c3ccc4c5cccc6cccc(c7cccc3c74)c65)ccc2n1C.Cc1nc2cc(-c3ccc4ccc5cccc6ccc3c4c56)ccc2n1C.c1ccc(-c2nc3cc(-c4cccc5ccccc45)ccc3n2-c2ccc(-c3cccc4ccccc34)cc2)cc1. The molecule has 6 heteroatoms. The van der Waals surface area contributed by atoms with E-state index in [-0.39, 0.29) is 0 Å². The van der Waals surface area contributed by atoms with E-state index in [4.69, 9.17) is 15.0 Å². The number of hydrogen-bond acceptors (Lipinski definition) is 3. The Labute approximate surface area is 571 Å². The maximum Gasteiger partial charge on any atom is 0.145 e. The van der Waals surface area contributed by atoms with E-state index in [0.29, 0.717) is 0 Å². The van der Waals surface area contributed by atoms with Crippen LogP contribution >= 0.6 is 0 Å². The summed E-state index contributed by atoms with van der Waals surface area (Å²) in [4.78, 5) is 14.7. The topological polar surface area (TPSA) is 53.5 Å². The van der Waals surface area contributed by atoms with Crippen LogP contribution in [0.25, 0.3) is 192 Å². The molecule has 0 aliphatic rings. The normalized spacial score (nSPS) is 11.8. The number of rotatable bonds is 6. The van der Waals surface area contributed by atoms with Gasteiger partial charge in [-0.3, -0.25) is 4.57 Å². The van der Waals surface area contributed by atoms with Gasteiger partial charge in [0.2, 0.25) is 0 Å². The van der Waals surface area contributed by atoms with Crippen LogP contribution in [0, 0.1) is 13.8 Å². The average Bonchev–Trinajstić information content (AvgIpc) is 1.04. The Morgan fingerprint density at radius 3 is 1.21 bits per heavy atom. The zero-order chi connectivity index (χ0) is 66.0. The molecule has 0 aliphatic heterocycles. The molecule has 0 amide bonds. The number of hydrogen-bond donors (Lipinski definition) is 0. The van der Waals surface area contributed by atoms with E-state index in [1.54, 1.807) is 0 Å². The summed E-state index contributed by atoms with van der Waals surface area (Å²) in [7, 11) is 4.14. The second-order valence-electron chi connectivity index (χ2n) is 26.4. The fraction of sp³-hybridized carbons (Fsp3) is 0.0430. The van der Waals surface area contributed by atoms with Gasteiger partial charge in [0.1, 0.15) is 17.5 Å². The molecule has 3 heterocycles. The maximum absolute atomic E-state index is 5.21. The largest absolute Gasteiger partial charge is 0.331 e. The minimum atomic E-state index is 0.939. The highest BCUT2D eigenvalue weighted by Gasteiger charge is 2.20. The van der Waals surface area contributed by atoms with Crippen molar-refractivity contribution in [1.29, 1.82) is 0 Å². The second-order valence-corrected chi connectivity index (χ2v) is 26.4. The van der Waals surface area contributed by atoms with Gasteiger partial charge in [0, 0.05) is 25.3 Å². The third kappa shape index (κ3) is 9.43. The molecular weight excluding hydrogens is 1200 g/mol. The molecule has 0 bridgehead atoms. The van der Waals surface area contributed by atoms with Crippen LogP contribution in [-0.4, -0.2) is 28.7 Å². The number of benzene rings is 18. The lowest BCUT2D eigenvalue weighted by molar-refractivity contribution is 0.886. The van der Waals surface area contributed by atoms with E-state index in [1.165, 1.54) is 152 Å². The number of imidazole rings is 3. The Morgan fingerprint density at radius 2 is 0.606 bits per heavy atom. The van der Waals surface area contributed by atoms with E-state index < -0.39 is 0 Å². The van der Waals surface area contributed by atoms with Gasteiger partial charge in [-0.1, -0.05) is 267 Å². The number of fused-ring (bicyclic) bond motifs is 7. The summed E-state index contributed by atoms with van der Waals surface area (Å²) in [5.74, 6) is 3.01. The molecule has 0 fully saturated rings. The summed E-state index contributed by atoms with van der Waals surface area (Å²) < 4.78 is 6.57. The summed E-state index contributed by atoms with van der Waals surface area (Å²) in [5, 5.41) is 23.6. The molecule has 6 nitrogen and oxygen atoms in total. The molecule has 0 saturated heterocycles.